The molecule has 52 heavy (non-hydrogen) atoms. The molecule has 10 rings (SSSR count). The third-order valence-electron chi connectivity index (χ3n) is 8.90. The topological polar surface area (TPSA) is 16.4 Å². The summed E-state index contributed by atoms with van der Waals surface area (Å²) in [6.07, 6.45) is 0. The van der Waals surface area contributed by atoms with E-state index in [1.165, 1.54) is 0 Å². The van der Waals surface area contributed by atoms with Crippen molar-refractivity contribution in [2.45, 2.75) is 0 Å². The summed E-state index contributed by atoms with van der Waals surface area (Å²) in [6.45, 7) is 0. The van der Waals surface area contributed by atoms with Gasteiger partial charge in [-0.1, -0.05) is 145 Å². The molecular formula is C50H33NO. The van der Waals surface area contributed by atoms with Crippen molar-refractivity contribution >= 4 is 60.5 Å². The zero-order chi connectivity index (χ0) is 51.0. The Hall–Kier alpha value is -6.90. The number of fused-ring (bicyclic) bond motifs is 6. The zero-order valence-corrected chi connectivity index (χ0v) is 26.9. The predicted molar refractivity (Wildman–Crippen MR) is 220 cm³/mol. The molecular weight excluding hydrogens is 631 g/mol. The molecule has 0 atom stereocenters. The summed E-state index contributed by atoms with van der Waals surface area (Å²) in [7, 11) is 0. The zero-order valence-electron chi connectivity index (χ0n) is 45.9. The maximum atomic E-state index is 9.55. The van der Waals surface area contributed by atoms with E-state index < -0.39 is 84.6 Å². The lowest BCUT2D eigenvalue weighted by molar-refractivity contribution is 0.669. The molecule has 0 aliphatic rings. The van der Waals surface area contributed by atoms with Crippen molar-refractivity contribution in [3.63, 3.8) is 0 Å². The van der Waals surface area contributed by atoms with Gasteiger partial charge >= 0.3 is 0 Å². The van der Waals surface area contributed by atoms with E-state index in [-0.39, 0.29) is 90.4 Å². The van der Waals surface area contributed by atoms with Crippen molar-refractivity contribution in [3.8, 4) is 33.4 Å². The fraction of sp³-hybridized carbons (Fsp3) is 0. The van der Waals surface area contributed by atoms with Gasteiger partial charge in [0.15, 0.2) is 0 Å². The summed E-state index contributed by atoms with van der Waals surface area (Å²) < 4.78 is 169. The fourth-order valence-corrected chi connectivity index (χ4v) is 6.47. The van der Waals surface area contributed by atoms with Crippen LogP contribution in [0.25, 0.3) is 76.9 Å². The molecule has 0 unspecified atom stereocenters. The minimum Gasteiger partial charge on any atom is -0.456 e. The second-order valence-electron chi connectivity index (χ2n) is 11.9. The Balaban J connectivity index is 1.17. The van der Waals surface area contributed by atoms with Crippen LogP contribution in [0.3, 0.4) is 0 Å². The van der Waals surface area contributed by atoms with Gasteiger partial charge in [0.1, 0.15) is 11.2 Å². The molecule has 244 valence electrons. The largest absolute Gasteiger partial charge is 0.456 e. The van der Waals surface area contributed by atoms with Gasteiger partial charge in [0.05, 0.1) is 26.0 Å². The Morgan fingerprint density at radius 3 is 1.88 bits per heavy atom. The molecule has 2 nitrogen and oxygen atoms in total. The molecule has 0 bridgehead atoms. The van der Waals surface area contributed by atoms with Crippen LogP contribution in [0.1, 0.15) is 26.0 Å². The first-order valence-corrected chi connectivity index (χ1v) is 16.2. The smallest absolute Gasteiger partial charge is 0.136 e. The van der Waals surface area contributed by atoms with Crippen molar-refractivity contribution in [1.29, 1.82) is 0 Å². The number of anilines is 3. The van der Waals surface area contributed by atoms with Crippen molar-refractivity contribution in [3.05, 3.63) is 200 Å². The standard InChI is InChI=1S/C50H33NO/c1-2-10-34(11-3-1)35-22-27-41(28-23-35)51(43-15-8-14-40(32-43)45-18-9-13-37-12-4-5-16-44(37)45)42-29-24-36(25-30-42)39-21-20-38-26-31-49-50(47(38)33-39)46-17-6-7-19-48(46)52-49/h1-33H/i1D,2D,3D,4D,5D,6D,7D,9D,10D,11D,12D,13D,16D,17D,18D,19D,26D,31D,33D. The van der Waals surface area contributed by atoms with Crippen LogP contribution >= 0.6 is 0 Å². The van der Waals surface area contributed by atoms with Gasteiger partial charge in [-0.25, -0.2) is 0 Å². The number of nitrogens with zero attached hydrogens (tertiary/aromatic N) is 1. The Labute approximate surface area is 329 Å². The van der Waals surface area contributed by atoms with E-state index in [0.29, 0.717) is 33.8 Å². The Morgan fingerprint density at radius 1 is 0.404 bits per heavy atom. The lowest BCUT2D eigenvalue weighted by Crippen LogP contribution is -2.10. The second kappa shape index (κ2) is 12.5. The van der Waals surface area contributed by atoms with Gasteiger partial charge < -0.3 is 9.32 Å². The first-order valence-electron chi connectivity index (χ1n) is 25.7. The van der Waals surface area contributed by atoms with Crippen LogP contribution in [0.2, 0.25) is 0 Å². The average Bonchev–Trinajstić information content (AvgIpc) is 3.77. The summed E-state index contributed by atoms with van der Waals surface area (Å²) in [5, 5.41) is 0.151. The lowest BCUT2D eigenvalue weighted by atomic mass is 9.97. The molecule has 9 aromatic carbocycles. The van der Waals surface area contributed by atoms with Crippen molar-refractivity contribution in [1.82, 2.24) is 0 Å². The quantitative estimate of drug-likeness (QED) is 0.174. The molecule has 0 saturated carbocycles. The van der Waals surface area contributed by atoms with E-state index in [2.05, 4.69) is 0 Å². The summed E-state index contributed by atoms with van der Waals surface area (Å²) in [4.78, 5) is 1.79. The number of hydrogen-bond donors (Lipinski definition) is 0. The molecule has 0 amide bonds. The molecule has 0 aliphatic heterocycles. The summed E-state index contributed by atoms with van der Waals surface area (Å²) >= 11 is 0. The highest BCUT2D eigenvalue weighted by Gasteiger charge is 2.16. The normalized spacial score (nSPS) is 16.6. The van der Waals surface area contributed by atoms with Gasteiger partial charge in [-0.15, -0.1) is 0 Å². The third-order valence-corrected chi connectivity index (χ3v) is 8.90. The van der Waals surface area contributed by atoms with E-state index in [9.17, 15) is 1.37 Å². The van der Waals surface area contributed by atoms with E-state index in [0.717, 1.165) is 0 Å². The molecule has 0 spiro atoms. The maximum absolute atomic E-state index is 9.55. The second-order valence-corrected chi connectivity index (χ2v) is 11.9. The first kappa shape index (κ1) is 16.4. The highest BCUT2D eigenvalue weighted by molar-refractivity contribution is 6.19. The molecule has 10 aromatic rings. The third kappa shape index (κ3) is 5.21. The van der Waals surface area contributed by atoms with Crippen LogP contribution in [0.15, 0.2) is 204 Å². The van der Waals surface area contributed by atoms with Crippen molar-refractivity contribution in [2.75, 3.05) is 4.90 Å². The van der Waals surface area contributed by atoms with Crippen LogP contribution in [-0.2, 0) is 0 Å². The van der Waals surface area contributed by atoms with Gasteiger partial charge in [-0.3, -0.25) is 0 Å². The minimum absolute atomic E-state index is 0.00409. The number of furan rings is 1. The summed E-state index contributed by atoms with van der Waals surface area (Å²) in [6, 6.07) is 14.8. The highest BCUT2D eigenvalue weighted by atomic mass is 16.3. The van der Waals surface area contributed by atoms with E-state index in [4.69, 9.17) is 29.1 Å². The summed E-state index contributed by atoms with van der Waals surface area (Å²) in [5.41, 5.74) is 2.61. The predicted octanol–water partition coefficient (Wildman–Crippen LogP) is 14.4. The van der Waals surface area contributed by atoms with Gasteiger partial charge in [0.25, 0.3) is 0 Å². The van der Waals surface area contributed by atoms with Gasteiger partial charge in [0.2, 0.25) is 0 Å². The van der Waals surface area contributed by atoms with Gasteiger partial charge in [0, 0.05) is 27.8 Å². The average molecular weight is 683 g/mol. The van der Waals surface area contributed by atoms with Crippen LogP contribution < -0.4 is 4.90 Å². The Bertz CT molecular complexity index is 3950. The molecule has 1 aromatic heterocycles. The molecule has 0 radical (unpaired) electrons. The number of benzene rings is 9. The van der Waals surface area contributed by atoms with Gasteiger partial charge in [-0.05, 0) is 109 Å². The Morgan fingerprint density at radius 2 is 1.08 bits per heavy atom. The molecule has 2 heteroatoms. The van der Waals surface area contributed by atoms with Crippen LogP contribution in [-0.4, -0.2) is 0 Å². The molecule has 0 fully saturated rings. The Kier molecular flexibility index (Phi) is 3.93. The monoisotopic (exact) mass is 682 g/mol. The lowest BCUT2D eigenvalue weighted by Gasteiger charge is -2.26. The van der Waals surface area contributed by atoms with Gasteiger partial charge in [-0.2, -0.15) is 0 Å². The number of para-hydroxylation sites is 1. The molecule has 0 saturated heterocycles. The molecule has 1 heterocycles. The fourth-order valence-electron chi connectivity index (χ4n) is 6.47. The van der Waals surface area contributed by atoms with E-state index in [1.807, 2.05) is 0 Å². The van der Waals surface area contributed by atoms with Crippen LogP contribution in [0.4, 0.5) is 17.1 Å². The maximum Gasteiger partial charge on any atom is 0.136 e. The van der Waals surface area contributed by atoms with Crippen LogP contribution in [0.5, 0.6) is 0 Å². The highest BCUT2D eigenvalue weighted by Crippen LogP contribution is 2.41. The first-order chi connectivity index (χ1) is 33.7. The summed E-state index contributed by atoms with van der Waals surface area (Å²) in [5.74, 6) is 0. The minimum atomic E-state index is -0.585. The van der Waals surface area contributed by atoms with E-state index in [1.54, 1.807) is 89.8 Å². The van der Waals surface area contributed by atoms with Crippen LogP contribution in [0, 0.1) is 0 Å². The van der Waals surface area contributed by atoms with Crippen molar-refractivity contribution in [2.24, 2.45) is 0 Å². The number of hydrogen-bond acceptors (Lipinski definition) is 2. The van der Waals surface area contributed by atoms with Crippen molar-refractivity contribution < 1.29 is 30.5 Å². The SMILES string of the molecule is [2H]c1c([2H])c([2H])c(-c2ccc(N(c3ccc(-c4ccc5c([2H])c([2H])c6oc7c([2H])c([2H])c([2H])c([2H])c7c6c5c4[2H])cc3)c3cccc(-c4c([2H])c([2H])c([2H])c5c([2H])c([2H])c([2H])c([2H])c45)c3)cc2)c([2H])c1[2H]. The number of rotatable bonds is 6. The molecule has 0 N–H and O–H groups in total. The van der Waals surface area contributed by atoms with E-state index >= 15 is 0 Å². The molecule has 0 aliphatic carbocycles.